The number of hydrogen-bond donors (Lipinski definition) is 0. The Bertz CT molecular complexity index is 971. The van der Waals surface area contributed by atoms with Crippen LogP contribution in [0.25, 0.3) is 5.69 Å². The maximum Gasteiger partial charge on any atom is 0.453 e. The summed E-state index contributed by atoms with van der Waals surface area (Å²) in [5.74, 6) is -1.85. The van der Waals surface area contributed by atoms with Crippen LogP contribution in [0.3, 0.4) is 0 Å². The van der Waals surface area contributed by atoms with E-state index < -0.39 is 18.0 Å². The largest absolute Gasteiger partial charge is 0.457 e. The van der Waals surface area contributed by atoms with Crippen LogP contribution in [0, 0.1) is 6.92 Å². The zero-order valence-electron chi connectivity index (χ0n) is 13.9. The van der Waals surface area contributed by atoms with Gasteiger partial charge >= 0.3 is 12.1 Å². The van der Waals surface area contributed by atoms with Crippen molar-refractivity contribution in [3.8, 4) is 5.69 Å². The summed E-state index contributed by atoms with van der Waals surface area (Å²) < 4.78 is 44.6. The molecule has 0 atom stereocenters. The second-order valence-electron chi connectivity index (χ2n) is 5.63. The number of tetrazole rings is 1. The predicted octanol–water partition coefficient (Wildman–Crippen LogP) is 4.00. The van der Waals surface area contributed by atoms with E-state index in [1.54, 1.807) is 24.3 Å². The van der Waals surface area contributed by atoms with E-state index in [1.165, 1.54) is 18.2 Å². The molecule has 6 nitrogen and oxygen atoms in total. The maximum atomic E-state index is 13.0. The van der Waals surface area contributed by atoms with Crippen molar-refractivity contribution >= 4 is 17.6 Å². The number of esters is 1. The van der Waals surface area contributed by atoms with Gasteiger partial charge in [0.25, 0.3) is 5.82 Å². The van der Waals surface area contributed by atoms with Crippen LogP contribution in [0.5, 0.6) is 0 Å². The second kappa shape index (κ2) is 7.36. The fourth-order valence-electron chi connectivity index (χ4n) is 2.26. The third kappa shape index (κ3) is 4.25. The number of hydrogen-bond acceptors (Lipinski definition) is 5. The first kappa shape index (κ1) is 18.8. The molecule has 0 aliphatic carbocycles. The summed E-state index contributed by atoms with van der Waals surface area (Å²) in [7, 11) is 0. The van der Waals surface area contributed by atoms with Crippen molar-refractivity contribution in [3.05, 3.63) is 70.0 Å². The van der Waals surface area contributed by atoms with Gasteiger partial charge in [0.2, 0.25) is 0 Å². The number of halogens is 4. The first-order valence-electron chi connectivity index (χ1n) is 7.64. The molecule has 0 spiro atoms. The average molecular weight is 397 g/mol. The lowest BCUT2D eigenvalue weighted by Crippen LogP contribution is -2.15. The maximum absolute atomic E-state index is 13.0. The van der Waals surface area contributed by atoms with Crippen LogP contribution >= 0.6 is 11.6 Å². The van der Waals surface area contributed by atoms with Crippen LogP contribution in [0.1, 0.15) is 27.3 Å². The number of ether oxygens (including phenoxy) is 1. The molecule has 0 saturated carbocycles. The minimum atomic E-state index is -4.72. The summed E-state index contributed by atoms with van der Waals surface area (Å²) in [5, 5.41) is 9.65. The van der Waals surface area contributed by atoms with Gasteiger partial charge in [-0.15, -0.1) is 5.10 Å². The Labute approximate surface area is 156 Å². The molecular formula is C17H12ClF3N4O2. The minimum Gasteiger partial charge on any atom is -0.457 e. The molecule has 0 bridgehead atoms. The summed E-state index contributed by atoms with van der Waals surface area (Å²) in [5.41, 5.74) is 1.70. The predicted molar refractivity (Wildman–Crippen MR) is 89.5 cm³/mol. The molecular weight excluding hydrogens is 385 g/mol. The smallest absolute Gasteiger partial charge is 0.453 e. The number of rotatable bonds is 4. The number of aryl methyl sites for hydroxylation is 1. The van der Waals surface area contributed by atoms with Gasteiger partial charge in [0.15, 0.2) is 0 Å². The van der Waals surface area contributed by atoms with Crippen molar-refractivity contribution < 1.29 is 22.7 Å². The molecule has 1 aromatic heterocycles. The lowest BCUT2D eigenvalue weighted by atomic mass is 10.1. The Balaban J connectivity index is 1.81. The van der Waals surface area contributed by atoms with Gasteiger partial charge < -0.3 is 4.74 Å². The average Bonchev–Trinajstić information content (AvgIpc) is 3.11. The molecule has 10 heteroatoms. The third-order valence-corrected chi connectivity index (χ3v) is 4.01. The SMILES string of the molecule is Cc1ccc(C(=O)OCc2cc(-n3nnnc3C(F)(F)F)ccc2Cl)cc1. The molecule has 140 valence electrons. The third-order valence-electron chi connectivity index (χ3n) is 3.64. The lowest BCUT2D eigenvalue weighted by molar-refractivity contribution is -0.146. The molecule has 3 rings (SSSR count). The Hall–Kier alpha value is -2.94. The van der Waals surface area contributed by atoms with Gasteiger partial charge in [-0.25, -0.2) is 4.79 Å². The number of carbonyl (C=O) groups excluding carboxylic acids is 1. The van der Waals surface area contributed by atoms with Crippen LogP contribution in [0.4, 0.5) is 13.2 Å². The molecule has 0 fully saturated rings. The zero-order chi connectivity index (χ0) is 19.6. The molecule has 1 heterocycles. The van der Waals surface area contributed by atoms with Crippen molar-refractivity contribution in [3.63, 3.8) is 0 Å². The standard InChI is InChI=1S/C17H12ClF3N4O2/c1-10-2-4-11(5-3-10)15(26)27-9-12-8-13(6-7-14(12)18)25-16(17(19,20)21)22-23-24-25/h2-8H,9H2,1H3. The minimum absolute atomic E-state index is 0.0399. The van der Waals surface area contributed by atoms with E-state index in [1.807, 2.05) is 6.92 Å². The second-order valence-corrected chi connectivity index (χ2v) is 6.04. The van der Waals surface area contributed by atoms with E-state index in [2.05, 4.69) is 15.5 Å². The summed E-state index contributed by atoms with van der Waals surface area (Å²) in [6.07, 6.45) is -4.72. The highest BCUT2D eigenvalue weighted by atomic mass is 35.5. The number of alkyl halides is 3. The highest BCUT2D eigenvalue weighted by molar-refractivity contribution is 6.31. The molecule has 0 amide bonds. The first-order valence-corrected chi connectivity index (χ1v) is 8.01. The van der Waals surface area contributed by atoms with Gasteiger partial charge in [-0.05, 0) is 47.7 Å². The number of nitrogens with zero attached hydrogens (tertiary/aromatic N) is 4. The summed E-state index contributed by atoms with van der Waals surface area (Å²) in [6.45, 7) is 1.66. The van der Waals surface area contributed by atoms with Crippen molar-refractivity contribution in [2.75, 3.05) is 0 Å². The Morgan fingerprint density at radius 1 is 1.19 bits per heavy atom. The van der Waals surface area contributed by atoms with Crippen LogP contribution in [0.15, 0.2) is 42.5 Å². The van der Waals surface area contributed by atoms with Crippen molar-refractivity contribution in [1.82, 2.24) is 20.2 Å². The van der Waals surface area contributed by atoms with Gasteiger partial charge in [0.05, 0.1) is 11.3 Å². The Kier molecular flexibility index (Phi) is 5.13. The zero-order valence-corrected chi connectivity index (χ0v) is 14.6. The molecule has 0 aliphatic rings. The van der Waals surface area contributed by atoms with Crippen LogP contribution in [-0.2, 0) is 17.5 Å². The fourth-order valence-corrected chi connectivity index (χ4v) is 2.43. The first-order chi connectivity index (χ1) is 12.8. The van der Waals surface area contributed by atoms with Gasteiger partial charge in [0, 0.05) is 10.6 Å². The molecule has 0 saturated heterocycles. The number of benzene rings is 2. The molecule has 2 aromatic carbocycles. The van der Waals surface area contributed by atoms with Gasteiger partial charge in [0.1, 0.15) is 6.61 Å². The van der Waals surface area contributed by atoms with E-state index in [4.69, 9.17) is 16.3 Å². The van der Waals surface area contributed by atoms with Crippen molar-refractivity contribution in [2.45, 2.75) is 19.7 Å². The number of carbonyl (C=O) groups is 1. The van der Waals surface area contributed by atoms with Gasteiger partial charge in [-0.2, -0.15) is 17.9 Å². The quantitative estimate of drug-likeness (QED) is 0.623. The van der Waals surface area contributed by atoms with Crippen molar-refractivity contribution in [1.29, 1.82) is 0 Å². The van der Waals surface area contributed by atoms with Crippen LogP contribution in [0.2, 0.25) is 5.02 Å². The fraction of sp³-hybridized carbons (Fsp3) is 0.176. The normalized spacial score (nSPS) is 11.4. The molecule has 3 aromatic rings. The topological polar surface area (TPSA) is 69.9 Å². The summed E-state index contributed by atoms with van der Waals surface area (Å²) in [6, 6.07) is 10.8. The Morgan fingerprint density at radius 3 is 2.56 bits per heavy atom. The summed E-state index contributed by atoms with van der Waals surface area (Å²) >= 11 is 6.06. The van der Waals surface area contributed by atoms with Crippen LogP contribution < -0.4 is 0 Å². The van der Waals surface area contributed by atoms with Crippen molar-refractivity contribution in [2.24, 2.45) is 0 Å². The van der Waals surface area contributed by atoms with Crippen LogP contribution in [-0.4, -0.2) is 26.2 Å². The molecule has 0 radical (unpaired) electrons. The highest BCUT2D eigenvalue weighted by Crippen LogP contribution is 2.29. The molecule has 27 heavy (non-hydrogen) atoms. The van der Waals surface area contributed by atoms with E-state index in [0.29, 0.717) is 15.8 Å². The monoisotopic (exact) mass is 396 g/mol. The van der Waals surface area contributed by atoms with E-state index in [0.717, 1.165) is 5.56 Å². The van der Waals surface area contributed by atoms with Gasteiger partial charge in [-0.3, -0.25) is 0 Å². The van der Waals surface area contributed by atoms with E-state index in [9.17, 15) is 18.0 Å². The van der Waals surface area contributed by atoms with E-state index >= 15 is 0 Å². The summed E-state index contributed by atoms with van der Waals surface area (Å²) in [4.78, 5) is 12.1. The van der Waals surface area contributed by atoms with E-state index in [-0.39, 0.29) is 17.3 Å². The number of aromatic nitrogens is 4. The Morgan fingerprint density at radius 2 is 1.89 bits per heavy atom. The molecule has 0 unspecified atom stereocenters. The van der Waals surface area contributed by atoms with Gasteiger partial charge in [-0.1, -0.05) is 29.3 Å². The lowest BCUT2D eigenvalue weighted by Gasteiger charge is -2.11. The molecule has 0 aliphatic heterocycles. The highest BCUT2D eigenvalue weighted by Gasteiger charge is 2.38. The molecule has 0 N–H and O–H groups in total.